The molecular weight excluding hydrogens is 147 g/mol. The molecular formula is C8H11FO2. The van der Waals surface area contributed by atoms with Crippen LogP contribution in [0.3, 0.4) is 0 Å². The van der Waals surface area contributed by atoms with Crippen molar-refractivity contribution in [3.8, 4) is 0 Å². The van der Waals surface area contributed by atoms with Gasteiger partial charge in [0.2, 0.25) is 0 Å². The Bertz CT molecular complexity index is 193. The highest BCUT2D eigenvalue weighted by Gasteiger charge is 2.51. The molecule has 62 valence electrons. The summed E-state index contributed by atoms with van der Waals surface area (Å²) in [6, 6.07) is 0. The molecule has 1 N–H and O–H groups in total. The van der Waals surface area contributed by atoms with Crippen LogP contribution in [0.25, 0.3) is 0 Å². The number of hydrogen-bond acceptors (Lipinski definition) is 1. The van der Waals surface area contributed by atoms with Crippen molar-refractivity contribution >= 4 is 5.97 Å². The number of rotatable bonds is 1. The van der Waals surface area contributed by atoms with E-state index in [0.29, 0.717) is 6.42 Å². The SMILES string of the molecule is O=C(O)C1C2CCC1C(F)C2. The van der Waals surface area contributed by atoms with Gasteiger partial charge in [0, 0.05) is 5.92 Å². The van der Waals surface area contributed by atoms with Crippen LogP contribution in [0.5, 0.6) is 0 Å². The monoisotopic (exact) mass is 158 g/mol. The Morgan fingerprint density at radius 3 is 2.45 bits per heavy atom. The van der Waals surface area contributed by atoms with Crippen molar-refractivity contribution in [3.63, 3.8) is 0 Å². The quantitative estimate of drug-likeness (QED) is 0.627. The largest absolute Gasteiger partial charge is 0.481 e. The zero-order chi connectivity index (χ0) is 8.01. The summed E-state index contributed by atoms with van der Waals surface area (Å²) >= 11 is 0. The molecule has 2 fully saturated rings. The highest BCUT2D eigenvalue weighted by Crippen LogP contribution is 2.50. The van der Waals surface area contributed by atoms with Gasteiger partial charge in [0.1, 0.15) is 6.17 Å². The fourth-order valence-corrected chi connectivity index (χ4v) is 2.63. The average Bonchev–Trinajstić information content (AvgIpc) is 2.41. The number of halogens is 1. The number of carboxylic acids is 1. The van der Waals surface area contributed by atoms with E-state index in [1.807, 2.05) is 0 Å². The van der Waals surface area contributed by atoms with Crippen molar-refractivity contribution in [1.29, 1.82) is 0 Å². The van der Waals surface area contributed by atoms with Crippen LogP contribution in [-0.2, 0) is 4.79 Å². The summed E-state index contributed by atoms with van der Waals surface area (Å²) in [5, 5.41) is 8.75. The minimum absolute atomic E-state index is 0.132. The first kappa shape index (κ1) is 7.07. The van der Waals surface area contributed by atoms with Crippen molar-refractivity contribution in [3.05, 3.63) is 0 Å². The van der Waals surface area contributed by atoms with Gasteiger partial charge in [-0.2, -0.15) is 0 Å². The summed E-state index contributed by atoms with van der Waals surface area (Å²) in [6.07, 6.45) is 1.35. The first-order valence-electron chi connectivity index (χ1n) is 4.07. The molecule has 2 aliphatic rings. The third kappa shape index (κ3) is 0.865. The van der Waals surface area contributed by atoms with E-state index < -0.39 is 12.1 Å². The molecule has 0 aliphatic heterocycles. The van der Waals surface area contributed by atoms with Gasteiger partial charge in [-0.1, -0.05) is 0 Å². The predicted molar refractivity (Wildman–Crippen MR) is 36.9 cm³/mol. The molecule has 2 aliphatic carbocycles. The first-order valence-corrected chi connectivity index (χ1v) is 4.07. The molecule has 0 aromatic heterocycles. The van der Waals surface area contributed by atoms with Gasteiger partial charge in [-0.25, -0.2) is 4.39 Å². The van der Waals surface area contributed by atoms with Crippen LogP contribution in [0.4, 0.5) is 4.39 Å². The smallest absolute Gasteiger partial charge is 0.307 e. The topological polar surface area (TPSA) is 37.3 Å². The summed E-state index contributed by atoms with van der Waals surface area (Å²) in [6.45, 7) is 0. The van der Waals surface area contributed by atoms with E-state index in [2.05, 4.69) is 0 Å². The van der Waals surface area contributed by atoms with Crippen LogP contribution in [-0.4, -0.2) is 17.2 Å². The van der Waals surface area contributed by atoms with Crippen LogP contribution >= 0.6 is 0 Å². The molecule has 4 atom stereocenters. The molecule has 4 unspecified atom stereocenters. The maximum Gasteiger partial charge on any atom is 0.307 e. The lowest BCUT2D eigenvalue weighted by molar-refractivity contribution is -0.143. The highest BCUT2D eigenvalue weighted by atomic mass is 19.1. The van der Waals surface area contributed by atoms with Gasteiger partial charge in [0.25, 0.3) is 0 Å². The number of fused-ring (bicyclic) bond motifs is 2. The van der Waals surface area contributed by atoms with Crippen LogP contribution in [0.2, 0.25) is 0 Å². The lowest BCUT2D eigenvalue weighted by Crippen LogP contribution is -2.20. The van der Waals surface area contributed by atoms with Gasteiger partial charge < -0.3 is 5.11 Å². The van der Waals surface area contributed by atoms with Gasteiger partial charge in [0.05, 0.1) is 5.92 Å². The maximum absolute atomic E-state index is 13.0. The molecule has 2 rings (SSSR count). The Morgan fingerprint density at radius 2 is 2.18 bits per heavy atom. The summed E-state index contributed by atoms with van der Waals surface area (Å²) < 4.78 is 13.0. The lowest BCUT2D eigenvalue weighted by atomic mass is 9.98. The molecule has 0 saturated heterocycles. The molecule has 2 saturated carbocycles. The Balaban J connectivity index is 2.19. The maximum atomic E-state index is 13.0. The van der Waals surface area contributed by atoms with Crippen molar-refractivity contribution in [2.75, 3.05) is 0 Å². The molecule has 0 heterocycles. The fourth-order valence-electron chi connectivity index (χ4n) is 2.63. The molecule has 0 radical (unpaired) electrons. The van der Waals surface area contributed by atoms with Crippen LogP contribution < -0.4 is 0 Å². The number of hydrogen-bond donors (Lipinski definition) is 1. The molecule has 0 aromatic carbocycles. The van der Waals surface area contributed by atoms with E-state index in [9.17, 15) is 9.18 Å². The van der Waals surface area contributed by atoms with E-state index in [4.69, 9.17) is 5.11 Å². The van der Waals surface area contributed by atoms with E-state index >= 15 is 0 Å². The van der Waals surface area contributed by atoms with Gasteiger partial charge >= 0.3 is 5.97 Å². The highest BCUT2D eigenvalue weighted by molar-refractivity contribution is 5.71. The molecule has 2 nitrogen and oxygen atoms in total. The van der Waals surface area contributed by atoms with Crippen molar-refractivity contribution < 1.29 is 14.3 Å². The van der Waals surface area contributed by atoms with Gasteiger partial charge in [0.15, 0.2) is 0 Å². The number of carboxylic acid groups (broad SMARTS) is 1. The Labute approximate surface area is 64.4 Å². The van der Waals surface area contributed by atoms with Crippen LogP contribution in [0, 0.1) is 17.8 Å². The van der Waals surface area contributed by atoms with Crippen molar-refractivity contribution in [2.45, 2.75) is 25.4 Å². The molecule has 11 heavy (non-hydrogen) atoms. The normalized spacial score (nSPS) is 48.1. The molecule has 2 bridgehead atoms. The van der Waals surface area contributed by atoms with E-state index in [1.54, 1.807) is 0 Å². The van der Waals surface area contributed by atoms with Gasteiger partial charge in [-0.05, 0) is 25.2 Å². The molecule has 0 spiro atoms. The summed E-state index contributed by atoms with van der Waals surface area (Å²) in [5.74, 6) is -1.20. The second kappa shape index (κ2) is 2.19. The standard InChI is InChI=1S/C8H11FO2/c9-6-3-4-1-2-5(6)7(4)8(10)11/h4-7H,1-3H2,(H,10,11). The third-order valence-corrected chi connectivity index (χ3v) is 3.12. The van der Waals surface area contributed by atoms with E-state index in [-0.39, 0.29) is 17.8 Å². The Morgan fingerprint density at radius 1 is 1.45 bits per heavy atom. The summed E-state index contributed by atoms with van der Waals surface area (Å²) in [7, 11) is 0. The van der Waals surface area contributed by atoms with Crippen LogP contribution in [0.1, 0.15) is 19.3 Å². The minimum Gasteiger partial charge on any atom is -0.481 e. The third-order valence-electron chi connectivity index (χ3n) is 3.12. The zero-order valence-electron chi connectivity index (χ0n) is 6.16. The second-order valence-electron chi connectivity index (χ2n) is 3.62. The number of alkyl halides is 1. The average molecular weight is 158 g/mol. The molecule has 3 heteroatoms. The molecule has 0 aromatic rings. The summed E-state index contributed by atoms with van der Waals surface area (Å²) in [4.78, 5) is 10.6. The van der Waals surface area contributed by atoms with E-state index in [0.717, 1.165) is 12.8 Å². The predicted octanol–water partition coefficient (Wildman–Crippen LogP) is 1.46. The van der Waals surface area contributed by atoms with Crippen LogP contribution in [0.15, 0.2) is 0 Å². The number of carbonyl (C=O) groups is 1. The lowest BCUT2D eigenvalue weighted by Gasteiger charge is -2.12. The van der Waals surface area contributed by atoms with E-state index in [1.165, 1.54) is 0 Å². The Hall–Kier alpha value is -0.600. The van der Waals surface area contributed by atoms with Crippen molar-refractivity contribution in [2.24, 2.45) is 17.8 Å². The fraction of sp³-hybridized carbons (Fsp3) is 0.875. The van der Waals surface area contributed by atoms with Gasteiger partial charge in [-0.3, -0.25) is 4.79 Å². The van der Waals surface area contributed by atoms with Gasteiger partial charge in [-0.15, -0.1) is 0 Å². The Kier molecular flexibility index (Phi) is 1.41. The molecule has 0 amide bonds. The number of aliphatic carboxylic acids is 1. The second-order valence-corrected chi connectivity index (χ2v) is 3.62. The van der Waals surface area contributed by atoms with Crippen molar-refractivity contribution in [1.82, 2.24) is 0 Å². The first-order chi connectivity index (χ1) is 5.20. The summed E-state index contributed by atoms with van der Waals surface area (Å²) in [5.41, 5.74) is 0. The zero-order valence-corrected chi connectivity index (χ0v) is 6.16. The minimum atomic E-state index is -0.838.